The fraction of sp³-hybridized carbons (Fsp3) is 0.375. The zero-order valence-electron chi connectivity index (χ0n) is 12.7. The molecular weight excluding hydrogens is 266 g/mol. The van der Waals surface area contributed by atoms with Gasteiger partial charge in [-0.1, -0.05) is 13.3 Å². The van der Waals surface area contributed by atoms with Crippen LogP contribution in [0.4, 0.5) is 0 Å². The number of aromatic nitrogens is 2. The number of carbonyl (C=O) groups is 1. The third-order valence-electron chi connectivity index (χ3n) is 3.25. The van der Waals surface area contributed by atoms with Gasteiger partial charge in [0.1, 0.15) is 5.75 Å². The van der Waals surface area contributed by atoms with Crippen LogP contribution in [0.15, 0.2) is 30.3 Å². The number of aryl methyl sites for hydroxylation is 1. The summed E-state index contributed by atoms with van der Waals surface area (Å²) in [6, 6.07) is 9.37. The third-order valence-corrected chi connectivity index (χ3v) is 3.25. The maximum absolute atomic E-state index is 12.0. The average Bonchev–Trinajstić information content (AvgIpc) is 2.89. The van der Waals surface area contributed by atoms with Gasteiger partial charge in [-0.05, 0) is 43.7 Å². The lowest BCUT2D eigenvalue weighted by molar-refractivity contribution is 0.0947. The van der Waals surface area contributed by atoms with E-state index in [2.05, 4.69) is 17.3 Å². The zero-order chi connectivity index (χ0) is 15.2. The van der Waals surface area contributed by atoms with Gasteiger partial charge in [-0.2, -0.15) is 5.10 Å². The number of benzene rings is 1. The van der Waals surface area contributed by atoms with Crippen LogP contribution in [0.1, 0.15) is 35.9 Å². The third kappa shape index (κ3) is 3.62. The van der Waals surface area contributed by atoms with Gasteiger partial charge in [0.25, 0.3) is 5.91 Å². The Bertz CT molecular complexity index is 602. The summed E-state index contributed by atoms with van der Waals surface area (Å²) in [5, 5.41) is 7.25. The van der Waals surface area contributed by atoms with Gasteiger partial charge in [0.15, 0.2) is 5.69 Å². The lowest BCUT2D eigenvalue weighted by atomic mass is 10.3. The number of methoxy groups -OCH3 is 1. The van der Waals surface area contributed by atoms with Gasteiger partial charge in [0, 0.05) is 12.2 Å². The number of rotatable bonds is 6. The predicted molar refractivity (Wildman–Crippen MR) is 82.1 cm³/mol. The van der Waals surface area contributed by atoms with Crippen molar-refractivity contribution < 1.29 is 9.53 Å². The van der Waals surface area contributed by atoms with E-state index in [0.717, 1.165) is 30.0 Å². The molecule has 2 rings (SSSR count). The van der Waals surface area contributed by atoms with Crippen molar-refractivity contribution in [2.45, 2.75) is 26.7 Å². The molecule has 5 nitrogen and oxygen atoms in total. The number of carbonyl (C=O) groups excluding carboxylic acids is 1. The number of unbranched alkanes of at least 4 members (excludes halogenated alkanes) is 1. The fourth-order valence-corrected chi connectivity index (χ4v) is 2.04. The molecule has 21 heavy (non-hydrogen) atoms. The number of hydrogen-bond donors (Lipinski definition) is 1. The van der Waals surface area contributed by atoms with Crippen molar-refractivity contribution in [1.29, 1.82) is 0 Å². The van der Waals surface area contributed by atoms with Gasteiger partial charge < -0.3 is 10.1 Å². The standard InChI is InChI=1S/C16H21N3O2/c1-4-5-10-17-16(20)15-11-12(2)19(18-15)13-6-8-14(21-3)9-7-13/h6-9,11H,4-5,10H2,1-3H3,(H,17,20). The Morgan fingerprint density at radius 3 is 2.67 bits per heavy atom. The lowest BCUT2D eigenvalue weighted by Crippen LogP contribution is -2.24. The molecule has 2 aromatic rings. The molecule has 1 aromatic carbocycles. The molecule has 0 radical (unpaired) electrons. The molecule has 5 heteroatoms. The van der Waals surface area contributed by atoms with Crippen molar-refractivity contribution in [3.05, 3.63) is 41.7 Å². The molecule has 1 amide bonds. The molecule has 1 aromatic heterocycles. The molecule has 0 saturated carbocycles. The largest absolute Gasteiger partial charge is 0.497 e. The van der Waals surface area contributed by atoms with Gasteiger partial charge in [-0.15, -0.1) is 0 Å². The minimum atomic E-state index is -0.126. The van der Waals surface area contributed by atoms with Crippen LogP contribution in [0.25, 0.3) is 5.69 Å². The van der Waals surface area contributed by atoms with Crippen LogP contribution in [-0.4, -0.2) is 29.3 Å². The van der Waals surface area contributed by atoms with Gasteiger partial charge in [0.05, 0.1) is 12.8 Å². The minimum Gasteiger partial charge on any atom is -0.497 e. The molecule has 0 aliphatic rings. The van der Waals surface area contributed by atoms with E-state index < -0.39 is 0 Å². The quantitative estimate of drug-likeness (QED) is 0.831. The Hall–Kier alpha value is -2.30. The van der Waals surface area contributed by atoms with Gasteiger partial charge in [-0.3, -0.25) is 4.79 Å². The van der Waals surface area contributed by atoms with E-state index in [4.69, 9.17) is 4.74 Å². The van der Waals surface area contributed by atoms with Crippen LogP contribution < -0.4 is 10.1 Å². The Labute approximate surface area is 124 Å². The Kier molecular flexibility index (Phi) is 4.98. The minimum absolute atomic E-state index is 0.126. The maximum Gasteiger partial charge on any atom is 0.271 e. The van der Waals surface area contributed by atoms with Gasteiger partial charge >= 0.3 is 0 Å². The summed E-state index contributed by atoms with van der Waals surface area (Å²) in [5.74, 6) is 0.667. The molecule has 1 N–H and O–H groups in total. The van der Waals surface area contributed by atoms with E-state index >= 15 is 0 Å². The molecule has 0 aliphatic carbocycles. The van der Waals surface area contributed by atoms with Crippen molar-refractivity contribution >= 4 is 5.91 Å². The molecule has 0 aliphatic heterocycles. The summed E-state index contributed by atoms with van der Waals surface area (Å²) >= 11 is 0. The fourth-order valence-electron chi connectivity index (χ4n) is 2.04. The second kappa shape index (κ2) is 6.92. The van der Waals surface area contributed by atoms with E-state index in [1.165, 1.54) is 0 Å². The van der Waals surface area contributed by atoms with E-state index in [-0.39, 0.29) is 5.91 Å². The first-order valence-electron chi connectivity index (χ1n) is 7.15. The highest BCUT2D eigenvalue weighted by atomic mass is 16.5. The van der Waals surface area contributed by atoms with Crippen LogP contribution in [0, 0.1) is 6.92 Å². The van der Waals surface area contributed by atoms with Crippen LogP contribution in [-0.2, 0) is 0 Å². The van der Waals surface area contributed by atoms with Crippen molar-refractivity contribution in [3.8, 4) is 11.4 Å². The molecule has 0 bridgehead atoms. The molecule has 1 heterocycles. The predicted octanol–water partition coefficient (Wildman–Crippen LogP) is 2.72. The number of ether oxygens (including phenoxy) is 1. The lowest BCUT2D eigenvalue weighted by Gasteiger charge is -2.05. The number of nitrogens with zero attached hydrogens (tertiary/aromatic N) is 2. The van der Waals surface area contributed by atoms with Crippen molar-refractivity contribution in [1.82, 2.24) is 15.1 Å². The number of nitrogens with one attached hydrogen (secondary N) is 1. The summed E-state index contributed by atoms with van der Waals surface area (Å²) < 4.78 is 6.90. The average molecular weight is 287 g/mol. The highest BCUT2D eigenvalue weighted by Crippen LogP contribution is 2.16. The molecule has 0 fully saturated rings. The van der Waals surface area contributed by atoms with E-state index in [0.29, 0.717) is 12.2 Å². The molecule has 0 spiro atoms. The first-order chi connectivity index (χ1) is 10.2. The van der Waals surface area contributed by atoms with Crippen molar-refractivity contribution in [3.63, 3.8) is 0 Å². The normalized spacial score (nSPS) is 10.4. The van der Waals surface area contributed by atoms with Crippen molar-refractivity contribution in [2.24, 2.45) is 0 Å². The molecule has 112 valence electrons. The summed E-state index contributed by atoms with van der Waals surface area (Å²) in [6.07, 6.45) is 2.03. The van der Waals surface area contributed by atoms with Crippen LogP contribution in [0.5, 0.6) is 5.75 Å². The van der Waals surface area contributed by atoms with Crippen LogP contribution >= 0.6 is 0 Å². The molecule has 0 saturated heterocycles. The SMILES string of the molecule is CCCCNC(=O)c1cc(C)n(-c2ccc(OC)cc2)n1. The smallest absolute Gasteiger partial charge is 0.271 e. The van der Waals surface area contributed by atoms with E-state index in [1.54, 1.807) is 17.9 Å². The summed E-state index contributed by atoms with van der Waals surface area (Å²) in [7, 11) is 1.63. The van der Waals surface area contributed by atoms with Crippen LogP contribution in [0.2, 0.25) is 0 Å². The van der Waals surface area contributed by atoms with Gasteiger partial charge in [0.2, 0.25) is 0 Å². The topological polar surface area (TPSA) is 56.2 Å². The highest BCUT2D eigenvalue weighted by Gasteiger charge is 2.12. The van der Waals surface area contributed by atoms with Crippen LogP contribution in [0.3, 0.4) is 0 Å². The van der Waals surface area contributed by atoms with Crippen molar-refractivity contribution in [2.75, 3.05) is 13.7 Å². The Morgan fingerprint density at radius 2 is 2.05 bits per heavy atom. The maximum atomic E-state index is 12.0. The molecule has 0 unspecified atom stereocenters. The van der Waals surface area contributed by atoms with E-state index in [1.807, 2.05) is 31.2 Å². The first-order valence-corrected chi connectivity index (χ1v) is 7.15. The Balaban J connectivity index is 2.16. The molecule has 0 atom stereocenters. The number of hydrogen-bond acceptors (Lipinski definition) is 3. The second-order valence-corrected chi connectivity index (χ2v) is 4.89. The molecular formula is C16H21N3O2. The summed E-state index contributed by atoms with van der Waals surface area (Å²) in [5.41, 5.74) is 2.26. The first kappa shape index (κ1) is 15.1. The summed E-state index contributed by atoms with van der Waals surface area (Å²) in [6.45, 7) is 4.71. The number of amides is 1. The zero-order valence-corrected chi connectivity index (χ0v) is 12.7. The summed E-state index contributed by atoms with van der Waals surface area (Å²) in [4.78, 5) is 12.0. The monoisotopic (exact) mass is 287 g/mol. The highest BCUT2D eigenvalue weighted by molar-refractivity contribution is 5.92. The second-order valence-electron chi connectivity index (χ2n) is 4.89. The van der Waals surface area contributed by atoms with Gasteiger partial charge in [-0.25, -0.2) is 4.68 Å². The Morgan fingerprint density at radius 1 is 1.33 bits per heavy atom. The van der Waals surface area contributed by atoms with E-state index in [9.17, 15) is 4.79 Å².